The molecule has 1 aromatic carbocycles. The number of aldehydes is 1. The van der Waals surface area contributed by atoms with Gasteiger partial charge in [0, 0.05) is 12.1 Å². The van der Waals surface area contributed by atoms with Gasteiger partial charge in [-0.1, -0.05) is 0 Å². The number of carbonyl (C=O) groups is 2. The predicted molar refractivity (Wildman–Crippen MR) is 54.0 cm³/mol. The Kier molecular flexibility index (Phi) is 4.14. The lowest BCUT2D eigenvalue weighted by atomic mass is 10.2. The third-order valence-corrected chi connectivity index (χ3v) is 1.70. The molecule has 0 saturated heterocycles. The number of hydrogen-bond donors (Lipinski definition) is 0. The van der Waals surface area contributed by atoms with Crippen LogP contribution in [-0.2, 0) is 4.74 Å². The van der Waals surface area contributed by atoms with Crippen molar-refractivity contribution in [3.63, 3.8) is 0 Å². The Morgan fingerprint density at radius 3 is 2.24 bits per heavy atom. The molecule has 0 aliphatic carbocycles. The van der Waals surface area contributed by atoms with Crippen molar-refractivity contribution in [2.45, 2.75) is 20.0 Å². The van der Waals surface area contributed by atoms with Gasteiger partial charge in [0.2, 0.25) is 0 Å². The van der Waals surface area contributed by atoms with Crippen LogP contribution < -0.4 is 4.74 Å². The van der Waals surface area contributed by atoms with Crippen molar-refractivity contribution in [2.75, 3.05) is 0 Å². The number of rotatable bonds is 3. The Balaban J connectivity index is 2.87. The fourth-order valence-corrected chi connectivity index (χ4v) is 1.05. The summed E-state index contributed by atoms with van der Waals surface area (Å²) in [4.78, 5) is 21.4. The molecule has 1 aromatic rings. The summed E-state index contributed by atoms with van der Waals surface area (Å²) in [6, 6.07) is 1.46. The molecule has 0 aromatic heterocycles. The van der Waals surface area contributed by atoms with Crippen molar-refractivity contribution in [1.82, 2.24) is 0 Å². The molecule has 92 valence electrons. The maximum Gasteiger partial charge on any atom is 0.514 e. The lowest BCUT2D eigenvalue weighted by molar-refractivity contribution is 0.0727. The van der Waals surface area contributed by atoms with Crippen LogP contribution in [0.15, 0.2) is 12.1 Å². The molecule has 0 aliphatic rings. The molecule has 0 radical (unpaired) electrons. The molecule has 0 spiro atoms. The molecule has 6 heteroatoms. The zero-order chi connectivity index (χ0) is 13.0. The van der Waals surface area contributed by atoms with Gasteiger partial charge >= 0.3 is 6.16 Å². The number of benzene rings is 1. The summed E-state index contributed by atoms with van der Waals surface area (Å²) in [5, 5.41) is 0. The maximum atomic E-state index is 13.1. The van der Waals surface area contributed by atoms with Crippen LogP contribution in [0, 0.1) is 11.6 Å². The first-order valence-corrected chi connectivity index (χ1v) is 4.76. The van der Waals surface area contributed by atoms with Crippen molar-refractivity contribution in [1.29, 1.82) is 0 Å². The van der Waals surface area contributed by atoms with E-state index in [2.05, 4.69) is 9.47 Å². The number of halogens is 2. The highest BCUT2D eigenvalue weighted by Gasteiger charge is 2.14. The Morgan fingerprint density at radius 2 is 1.82 bits per heavy atom. The summed E-state index contributed by atoms with van der Waals surface area (Å²) in [7, 11) is 0. The summed E-state index contributed by atoms with van der Waals surface area (Å²) in [5.74, 6) is -2.57. The molecule has 0 fully saturated rings. The third kappa shape index (κ3) is 3.51. The highest BCUT2D eigenvalue weighted by atomic mass is 19.1. The summed E-state index contributed by atoms with van der Waals surface area (Å²) in [6.45, 7) is 3.19. The molecule has 0 saturated carbocycles. The monoisotopic (exact) mass is 244 g/mol. The molecule has 17 heavy (non-hydrogen) atoms. The average molecular weight is 244 g/mol. The van der Waals surface area contributed by atoms with E-state index in [9.17, 15) is 18.4 Å². The van der Waals surface area contributed by atoms with Crippen molar-refractivity contribution in [3.8, 4) is 5.75 Å². The number of carbonyl (C=O) groups excluding carboxylic acids is 2. The van der Waals surface area contributed by atoms with Gasteiger partial charge in [-0.3, -0.25) is 4.79 Å². The van der Waals surface area contributed by atoms with Gasteiger partial charge in [-0.05, 0) is 13.8 Å². The second-order valence-corrected chi connectivity index (χ2v) is 3.44. The minimum Gasteiger partial charge on any atom is -0.431 e. The van der Waals surface area contributed by atoms with E-state index in [1.165, 1.54) is 0 Å². The van der Waals surface area contributed by atoms with Gasteiger partial charge in [-0.15, -0.1) is 0 Å². The second-order valence-electron chi connectivity index (χ2n) is 3.44. The lowest BCUT2D eigenvalue weighted by Crippen LogP contribution is -2.16. The molecule has 0 N–H and O–H groups in total. The first-order chi connectivity index (χ1) is 7.93. The van der Waals surface area contributed by atoms with Gasteiger partial charge in [-0.2, -0.15) is 0 Å². The largest absolute Gasteiger partial charge is 0.514 e. The van der Waals surface area contributed by atoms with Crippen molar-refractivity contribution in [2.24, 2.45) is 0 Å². The molecule has 0 amide bonds. The van der Waals surface area contributed by atoms with Crippen molar-refractivity contribution in [3.05, 3.63) is 29.3 Å². The Labute approximate surface area is 96.1 Å². The van der Waals surface area contributed by atoms with Crippen LogP contribution in [-0.4, -0.2) is 18.5 Å². The molecule has 0 aliphatic heterocycles. The smallest absolute Gasteiger partial charge is 0.431 e. The minimum absolute atomic E-state index is 0.0425. The zero-order valence-corrected chi connectivity index (χ0v) is 9.20. The molecule has 1 rings (SSSR count). The van der Waals surface area contributed by atoms with E-state index in [0.29, 0.717) is 0 Å². The first kappa shape index (κ1) is 13.1. The highest BCUT2D eigenvalue weighted by molar-refractivity contribution is 5.76. The maximum absolute atomic E-state index is 13.1. The predicted octanol–water partition coefficient (Wildman–Crippen LogP) is 2.70. The Morgan fingerprint density at radius 1 is 1.29 bits per heavy atom. The Bertz CT molecular complexity index is 420. The van der Waals surface area contributed by atoms with Crippen LogP contribution in [0.3, 0.4) is 0 Å². The van der Waals surface area contributed by atoms with Gasteiger partial charge in [0.1, 0.15) is 17.4 Å². The third-order valence-electron chi connectivity index (χ3n) is 1.70. The summed E-state index contributed by atoms with van der Waals surface area (Å²) < 4.78 is 35.4. The SMILES string of the molecule is CC(C)OC(=O)Oc1cc(F)c(C=O)c(F)c1. The number of hydrogen-bond acceptors (Lipinski definition) is 4. The molecular formula is C11H10F2O4. The van der Waals surface area contributed by atoms with Gasteiger partial charge in [0.15, 0.2) is 6.29 Å². The second kappa shape index (κ2) is 5.38. The molecular weight excluding hydrogens is 234 g/mol. The molecule has 4 nitrogen and oxygen atoms in total. The summed E-state index contributed by atoms with van der Waals surface area (Å²) >= 11 is 0. The van der Waals surface area contributed by atoms with Gasteiger partial charge < -0.3 is 9.47 Å². The topological polar surface area (TPSA) is 52.6 Å². The fraction of sp³-hybridized carbons (Fsp3) is 0.273. The highest BCUT2D eigenvalue weighted by Crippen LogP contribution is 2.19. The standard InChI is InChI=1S/C11H10F2O4/c1-6(2)16-11(15)17-7-3-9(12)8(5-14)10(13)4-7/h3-6H,1-2H3. The Hall–Kier alpha value is -1.98. The van der Waals surface area contributed by atoms with E-state index in [0.717, 1.165) is 12.1 Å². The van der Waals surface area contributed by atoms with Crippen LogP contribution in [0.25, 0.3) is 0 Å². The zero-order valence-electron chi connectivity index (χ0n) is 9.20. The van der Waals surface area contributed by atoms with Gasteiger partial charge in [0.25, 0.3) is 0 Å². The fourth-order valence-electron chi connectivity index (χ4n) is 1.05. The average Bonchev–Trinajstić information content (AvgIpc) is 2.15. The van der Waals surface area contributed by atoms with Crippen LogP contribution >= 0.6 is 0 Å². The van der Waals surface area contributed by atoms with Crippen molar-refractivity contribution >= 4 is 12.4 Å². The van der Waals surface area contributed by atoms with Gasteiger partial charge in [0.05, 0.1) is 11.7 Å². The van der Waals surface area contributed by atoms with E-state index in [4.69, 9.17) is 0 Å². The van der Waals surface area contributed by atoms with E-state index in [1.807, 2.05) is 0 Å². The van der Waals surface area contributed by atoms with Crippen LogP contribution in [0.2, 0.25) is 0 Å². The van der Waals surface area contributed by atoms with Gasteiger partial charge in [-0.25, -0.2) is 13.6 Å². The quantitative estimate of drug-likeness (QED) is 0.466. The first-order valence-electron chi connectivity index (χ1n) is 4.76. The molecule has 0 unspecified atom stereocenters. The van der Waals surface area contributed by atoms with E-state index in [-0.39, 0.29) is 12.0 Å². The van der Waals surface area contributed by atoms with Crippen LogP contribution in [0.1, 0.15) is 24.2 Å². The molecule has 0 heterocycles. The van der Waals surface area contributed by atoms with E-state index >= 15 is 0 Å². The van der Waals surface area contributed by atoms with E-state index < -0.39 is 29.5 Å². The number of ether oxygens (including phenoxy) is 2. The lowest BCUT2D eigenvalue weighted by Gasteiger charge is -2.08. The van der Waals surface area contributed by atoms with Crippen LogP contribution in [0.5, 0.6) is 5.75 Å². The van der Waals surface area contributed by atoms with Crippen LogP contribution in [0.4, 0.5) is 13.6 Å². The molecule has 0 atom stereocenters. The summed E-state index contributed by atoms with van der Waals surface area (Å²) in [5.41, 5.74) is -0.713. The minimum atomic E-state index is -1.10. The normalized spacial score (nSPS) is 10.2. The molecule has 0 bridgehead atoms. The summed E-state index contributed by atoms with van der Waals surface area (Å²) in [6.07, 6.45) is -1.44. The van der Waals surface area contributed by atoms with E-state index in [1.54, 1.807) is 13.8 Å². The van der Waals surface area contributed by atoms with Crippen molar-refractivity contribution < 1.29 is 27.8 Å².